The van der Waals surface area contributed by atoms with Crippen LogP contribution in [0.5, 0.6) is 11.5 Å². The van der Waals surface area contributed by atoms with E-state index < -0.39 is 18.0 Å². The minimum Gasteiger partial charge on any atom is -0.507 e. The summed E-state index contributed by atoms with van der Waals surface area (Å²) in [6.07, 6.45) is 1.59. The van der Waals surface area contributed by atoms with Crippen molar-refractivity contribution in [3.05, 3.63) is 51.5 Å². The van der Waals surface area contributed by atoms with E-state index in [1.54, 1.807) is 23.9 Å². The van der Waals surface area contributed by atoms with Crippen molar-refractivity contribution in [2.75, 3.05) is 12.4 Å². The summed E-state index contributed by atoms with van der Waals surface area (Å²) >= 11 is 5.22. The zero-order valence-corrected chi connectivity index (χ0v) is 21.5. The number of phenols is 1. The van der Waals surface area contributed by atoms with Crippen molar-refractivity contribution in [1.29, 1.82) is 0 Å². The van der Waals surface area contributed by atoms with Gasteiger partial charge in [-0.15, -0.1) is 11.8 Å². The van der Waals surface area contributed by atoms with Gasteiger partial charge in [0, 0.05) is 20.7 Å². The molecule has 0 aromatic heterocycles. The molecule has 8 heteroatoms. The van der Waals surface area contributed by atoms with Crippen LogP contribution in [0.2, 0.25) is 0 Å². The molecule has 2 aromatic rings. The molecule has 0 amide bonds. The first-order valence-electron chi connectivity index (χ1n) is 11.0. The van der Waals surface area contributed by atoms with E-state index in [-0.39, 0.29) is 18.0 Å². The Morgan fingerprint density at radius 2 is 1.94 bits per heavy atom. The lowest BCUT2D eigenvalue weighted by atomic mass is 9.98. The first-order valence-corrected chi connectivity index (χ1v) is 12.7. The number of aliphatic hydroxyl groups excluding tert-OH is 1. The summed E-state index contributed by atoms with van der Waals surface area (Å²) in [5.41, 5.74) is 1.86. The van der Waals surface area contributed by atoms with Gasteiger partial charge in [0.1, 0.15) is 11.5 Å². The number of Topliss-reactive ketones (excluding diaryl/α,β-unsaturated/α-hetero) is 1. The standard InChI is InChI=1S/C25H31BrO6S/c1-4-6-19-22(9-8-18(16(3)27)24(19)29)32-11-5-12-33-23-10-7-17(13-20(23)26)14-21(28)15(2)25(30)31/h7-10,13,15,21,28-29H,4-6,11-12,14H2,1-3H3,(H,30,31). The Hall–Kier alpha value is -2.03. The van der Waals surface area contributed by atoms with Crippen molar-refractivity contribution < 1.29 is 29.6 Å². The van der Waals surface area contributed by atoms with Gasteiger partial charge in [0.2, 0.25) is 0 Å². The van der Waals surface area contributed by atoms with E-state index >= 15 is 0 Å². The number of carbonyl (C=O) groups excluding carboxylic acids is 1. The molecule has 0 fully saturated rings. The van der Waals surface area contributed by atoms with Gasteiger partial charge in [-0.3, -0.25) is 9.59 Å². The number of phenolic OH excluding ortho intramolecular Hbond substituents is 1. The van der Waals surface area contributed by atoms with Gasteiger partial charge in [-0.1, -0.05) is 19.4 Å². The Labute approximate surface area is 207 Å². The number of carbonyl (C=O) groups is 2. The number of ether oxygens (including phenoxy) is 1. The van der Waals surface area contributed by atoms with Gasteiger partial charge in [0.25, 0.3) is 0 Å². The van der Waals surface area contributed by atoms with Crippen LogP contribution in [0.3, 0.4) is 0 Å². The SMILES string of the molecule is CCCc1c(OCCCSc2ccc(CC(O)C(C)C(=O)O)cc2Br)ccc(C(C)=O)c1O. The Morgan fingerprint density at radius 3 is 2.55 bits per heavy atom. The fourth-order valence-electron chi connectivity index (χ4n) is 3.32. The van der Waals surface area contributed by atoms with Crippen molar-refractivity contribution in [2.24, 2.45) is 5.92 Å². The number of aliphatic carboxylic acids is 1. The molecule has 180 valence electrons. The molecule has 0 radical (unpaired) electrons. The molecule has 0 saturated carbocycles. The number of aliphatic hydroxyl groups is 1. The molecule has 33 heavy (non-hydrogen) atoms. The van der Waals surface area contributed by atoms with E-state index in [0.717, 1.165) is 33.5 Å². The largest absolute Gasteiger partial charge is 0.507 e. The third-order valence-electron chi connectivity index (χ3n) is 5.33. The van der Waals surface area contributed by atoms with E-state index in [4.69, 9.17) is 9.84 Å². The maximum absolute atomic E-state index is 11.7. The number of ketones is 1. The number of thioether (sulfide) groups is 1. The number of rotatable bonds is 13. The second kappa shape index (κ2) is 13.0. The zero-order valence-electron chi connectivity index (χ0n) is 19.1. The third kappa shape index (κ3) is 7.76. The summed E-state index contributed by atoms with van der Waals surface area (Å²) in [4.78, 5) is 23.7. The minimum atomic E-state index is -1.01. The lowest BCUT2D eigenvalue weighted by molar-refractivity contribution is -0.144. The summed E-state index contributed by atoms with van der Waals surface area (Å²) in [5.74, 6) is -0.557. The highest BCUT2D eigenvalue weighted by Gasteiger charge is 2.21. The summed E-state index contributed by atoms with van der Waals surface area (Å²) in [5, 5.41) is 29.5. The third-order valence-corrected chi connectivity index (χ3v) is 7.41. The smallest absolute Gasteiger partial charge is 0.308 e. The predicted molar refractivity (Wildman–Crippen MR) is 134 cm³/mol. The van der Waals surface area contributed by atoms with Crippen LogP contribution in [0.25, 0.3) is 0 Å². The number of carboxylic acid groups (broad SMARTS) is 1. The van der Waals surface area contributed by atoms with Crippen LogP contribution in [-0.2, 0) is 17.6 Å². The minimum absolute atomic E-state index is 0.0168. The number of hydrogen-bond acceptors (Lipinski definition) is 6. The van der Waals surface area contributed by atoms with Crippen LogP contribution in [0.1, 0.15) is 55.1 Å². The van der Waals surface area contributed by atoms with Gasteiger partial charge in [-0.25, -0.2) is 0 Å². The highest BCUT2D eigenvalue weighted by atomic mass is 79.9. The Balaban J connectivity index is 1.88. The highest BCUT2D eigenvalue weighted by molar-refractivity contribution is 9.10. The number of hydrogen-bond donors (Lipinski definition) is 3. The topological polar surface area (TPSA) is 104 Å². The van der Waals surface area contributed by atoms with E-state index in [9.17, 15) is 19.8 Å². The molecule has 0 heterocycles. The lowest BCUT2D eigenvalue weighted by Crippen LogP contribution is -2.27. The van der Waals surface area contributed by atoms with E-state index in [1.807, 2.05) is 25.1 Å². The van der Waals surface area contributed by atoms with Gasteiger partial charge >= 0.3 is 5.97 Å². The fourth-order valence-corrected chi connectivity index (χ4v) is 4.94. The molecule has 0 aliphatic rings. The number of carboxylic acids is 1. The molecule has 2 unspecified atom stereocenters. The van der Waals surface area contributed by atoms with E-state index in [2.05, 4.69) is 15.9 Å². The molecule has 3 N–H and O–H groups in total. The summed E-state index contributed by atoms with van der Waals surface area (Å²) in [6, 6.07) is 9.13. The number of aromatic hydroxyl groups is 1. The summed E-state index contributed by atoms with van der Waals surface area (Å²) < 4.78 is 6.81. The Morgan fingerprint density at radius 1 is 1.21 bits per heavy atom. The van der Waals surface area contributed by atoms with Gasteiger partial charge in [0.15, 0.2) is 5.78 Å². The first kappa shape index (κ1) is 27.2. The second-order valence-corrected chi connectivity index (χ2v) is 9.95. The molecule has 2 aromatic carbocycles. The number of halogens is 1. The molecule has 0 saturated heterocycles. The van der Waals surface area contributed by atoms with Crippen LogP contribution in [0, 0.1) is 5.92 Å². The first-order chi connectivity index (χ1) is 15.6. The normalized spacial score (nSPS) is 12.9. The molecule has 0 spiro atoms. The van der Waals surface area contributed by atoms with Crippen LogP contribution in [0.15, 0.2) is 39.7 Å². The summed E-state index contributed by atoms with van der Waals surface area (Å²) in [6.45, 7) is 5.43. The average Bonchev–Trinajstić information content (AvgIpc) is 2.76. The molecule has 0 bridgehead atoms. The molecule has 0 aliphatic carbocycles. The van der Waals surface area contributed by atoms with Crippen molar-refractivity contribution in [3.8, 4) is 11.5 Å². The zero-order chi connectivity index (χ0) is 24.5. The van der Waals surface area contributed by atoms with Gasteiger partial charge in [0.05, 0.1) is 24.2 Å². The average molecular weight is 539 g/mol. The Kier molecular flexibility index (Phi) is 10.7. The maximum atomic E-state index is 11.7. The quantitative estimate of drug-likeness (QED) is 0.176. The van der Waals surface area contributed by atoms with Crippen LogP contribution in [0.4, 0.5) is 0 Å². The molecule has 0 aliphatic heterocycles. The maximum Gasteiger partial charge on any atom is 0.308 e. The Bertz CT molecular complexity index is 978. The molecular formula is C25H31BrO6S. The molecule has 2 atom stereocenters. The van der Waals surface area contributed by atoms with E-state index in [0.29, 0.717) is 29.9 Å². The molecular weight excluding hydrogens is 508 g/mol. The molecule has 6 nitrogen and oxygen atoms in total. The van der Waals surface area contributed by atoms with E-state index in [1.165, 1.54) is 13.8 Å². The van der Waals surface area contributed by atoms with Gasteiger partial charge < -0.3 is 20.1 Å². The molecule has 2 rings (SSSR count). The monoisotopic (exact) mass is 538 g/mol. The van der Waals surface area contributed by atoms with Gasteiger partial charge in [-0.2, -0.15) is 0 Å². The van der Waals surface area contributed by atoms with Crippen molar-refractivity contribution in [2.45, 2.75) is 57.5 Å². The van der Waals surface area contributed by atoms with Crippen LogP contribution >= 0.6 is 27.7 Å². The van der Waals surface area contributed by atoms with Crippen molar-refractivity contribution in [1.82, 2.24) is 0 Å². The van der Waals surface area contributed by atoms with Crippen LogP contribution < -0.4 is 4.74 Å². The number of benzene rings is 2. The second-order valence-electron chi connectivity index (χ2n) is 7.96. The van der Waals surface area contributed by atoms with Crippen molar-refractivity contribution >= 4 is 39.4 Å². The van der Waals surface area contributed by atoms with Crippen molar-refractivity contribution in [3.63, 3.8) is 0 Å². The van der Waals surface area contributed by atoms with Gasteiger partial charge in [-0.05, 0) is 78.9 Å². The predicted octanol–water partition coefficient (Wildman–Crippen LogP) is 5.50. The summed E-state index contributed by atoms with van der Waals surface area (Å²) in [7, 11) is 0. The fraction of sp³-hybridized carbons (Fsp3) is 0.440. The lowest BCUT2D eigenvalue weighted by Gasteiger charge is -2.16. The van der Waals surface area contributed by atoms with Crippen LogP contribution in [-0.4, -0.2) is 45.5 Å². The highest BCUT2D eigenvalue weighted by Crippen LogP contribution is 2.33.